The Kier molecular flexibility index (Phi) is 7.45. The molecule has 0 saturated heterocycles. The summed E-state index contributed by atoms with van der Waals surface area (Å²) < 4.78 is 30.0. The quantitative estimate of drug-likeness (QED) is 0.300. The van der Waals surface area contributed by atoms with Gasteiger partial charge in [0.15, 0.2) is 5.65 Å². The topological polar surface area (TPSA) is 136 Å². The Morgan fingerprint density at radius 1 is 1.29 bits per heavy atom. The molecule has 1 amide bonds. The van der Waals surface area contributed by atoms with Crippen LogP contribution in [0, 0.1) is 5.41 Å². The fraction of sp³-hybridized carbons (Fsp3) is 0.391. The number of H-pyrrole nitrogens is 1. The molecule has 3 aromatic rings. The first-order chi connectivity index (χ1) is 15.9. The highest BCUT2D eigenvalue weighted by Crippen LogP contribution is 2.26. The molecule has 5 N–H and O–H groups in total. The van der Waals surface area contributed by atoms with Gasteiger partial charge in [-0.1, -0.05) is 0 Å². The van der Waals surface area contributed by atoms with Crippen LogP contribution >= 0.6 is 0 Å². The summed E-state index contributed by atoms with van der Waals surface area (Å²) in [6, 6.07) is 4.20. The molecule has 0 radical (unpaired) electrons. The van der Waals surface area contributed by atoms with Crippen molar-refractivity contribution in [2.45, 2.75) is 52.4 Å². The van der Waals surface area contributed by atoms with E-state index in [4.69, 9.17) is 5.41 Å². The molecule has 1 aromatic carbocycles. The number of aliphatic hydroxyl groups excluding tert-OH is 1. The molecule has 0 aliphatic rings. The summed E-state index contributed by atoms with van der Waals surface area (Å²) in [5.41, 5.74) is 1.26. The second-order valence-corrected chi connectivity index (χ2v) is 8.88. The molecule has 2 heterocycles. The number of ether oxygens (including phenoxy) is 1. The molecule has 11 heteroatoms. The van der Waals surface area contributed by atoms with Crippen molar-refractivity contribution in [1.82, 2.24) is 20.3 Å². The van der Waals surface area contributed by atoms with Crippen molar-refractivity contribution in [2.75, 3.05) is 11.9 Å². The number of carbonyl (C=O) groups excluding carboxylic acids is 1. The number of aromatic amines is 1. The number of amides is 1. The van der Waals surface area contributed by atoms with Gasteiger partial charge in [0, 0.05) is 29.5 Å². The summed E-state index contributed by atoms with van der Waals surface area (Å²) in [6.07, 6.45) is 2.78. The van der Waals surface area contributed by atoms with E-state index in [-0.39, 0.29) is 39.7 Å². The summed E-state index contributed by atoms with van der Waals surface area (Å²) >= 11 is 0. The van der Waals surface area contributed by atoms with Crippen LogP contribution in [0.1, 0.15) is 55.7 Å². The first-order valence-electron chi connectivity index (χ1n) is 10.7. The van der Waals surface area contributed by atoms with Crippen LogP contribution in [0.2, 0.25) is 0 Å². The van der Waals surface area contributed by atoms with Gasteiger partial charge in [-0.25, -0.2) is 9.97 Å². The zero-order valence-corrected chi connectivity index (χ0v) is 19.4. The summed E-state index contributed by atoms with van der Waals surface area (Å²) in [5, 5.41) is 24.2. The number of hydrogen-bond donors (Lipinski definition) is 5. The van der Waals surface area contributed by atoms with E-state index in [9.17, 15) is 18.7 Å². The van der Waals surface area contributed by atoms with Gasteiger partial charge in [-0.2, -0.15) is 8.78 Å². The Morgan fingerprint density at radius 3 is 2.68 bits per heavy atom. The van der Waals surface area contributed by atoms with Gasteiger partial charge in [-0.05, 0) is 52.3 Å². The number of alkyl halides is 2. The molecule has 0 fully saturated rings. The van der Waals surface area contributed by atoms with Crippen LogP contribution < -0.4 is 15.4 Å². The number of fused-ring (bicyclic) bond motifs is 1. The van der Waals surface area contributed by atoms with E-state index in [0.717, 1.165) is 0 Å². The Bertz CT molecular complexity index is 1190. The highest BCUT2D eigenvalue weighted by atomic mass is 19.3. The van der Waals surface area contributed by atoms with Gasteiger partial charge in [-0.15, -0.1) is 0 Å². The van der Waals surface area contributed by atoms with Crippen LogP contribution in [0.5, 0.6) is 5.75 Å². The minimum atomic E-state index is -3.02. The number of hydrogen-bond acceptors (Lipinski definition) is 7. The Morgan fingerprint density at radius 2 is 2.03 bits per heavy atom. The maximum absolute atomic E-state index is 12.8. The fourth-order valence-electron chi connectivity index (χ4n) is 3.21. The van der Waals surface area contributed by atoms with Gasteiger partial charge >= 0.3 is 6.61 Å². The van der Waals surface area contributed by atoms with Crippen molar-refractivity contribution >= 4 is 28.5 Å². The highest BCUT2D eigenvalue weighted by Gasteiger charge is 2.21. The normalized spacial score (nSPS) is 12.6. The lowest BCUT2D eigenvalue weighted by molar-refractivity contribution is -0.0498. The van der Waals surface area contributed by atoms with Crippen molar-refractivity contribution in [2.24, 2.45) is 0 Å². The smallest absolute Gasteiger partial charge is 0.387 e. The molecule has 2 aromatic heterocycles. The van der Waals surface area contributed by atoms with E-state index in [1.54, 1.807) is 6.92 Å². The Hall–Kier alpha value is -3.60. The second-order valence-electron chi connectivity index (χ2n) is 8.88. The lowest BCUT2D eigenvalue weighted by Gasteiger charge is -2.20. The first kappa shape index (κ1) is 25.0. The molecular formula is C23H28F2N6O3. The number of nitrogens with one attached hydrogen (secondary N) is 4. The molecule has 34 heavy (non-hydrogen) atoms. The number of aromatic nitrogens is 3. The lowest BCUT2D eigenvalue weighted by atomic mass is 10.0. The monoisotopic (exact) mass is 474 g/mol. The summed E-state index contributed by atoms with van der Waals surface area (Å²) in [7, 11) is 0. The van der Waals surface area contributed by atoms with Gasteiger partial charge < -0.3 is 25.5 Å². The van der Waals surface area contributed by atoms with Crippen molar-refractivity contribution in [1.29, 1.82) is 5.41 Å². The van der Waals surface area contributed by atoms with E-state index < -0.39 is 18.3 Å². The number of rotatable bonds is 9. The minimum absolute atomic E-state index is 0.1000. The highest BCUT2D eigenvalue weighted by molar-refractivity contribution is 6.14. The summed E-state index contributed by atoms with van der Waals surface area (Å²) in [4.78, 5) is 24.3. The van der Waals surface area contributed by atoms with E-state index in [1.165, 1.54) is 30.6 Å². The molecule has 0 spiro atoms. The first-order valence-corrected chi connectivity index (χ1v) is 10.7. The zero-order chi connectivity index (χ0) is 25.0. The van der Waals surface area contributed by atoms with E-state index in [2.05, 4.69) is 30.3 Å². The average molecular weight is 475 g/mol. The van der Waals surface area contributed by atoms with Gasteiger partial charge in [0.25, 0.3) is 5.91 Å². The van der Waals surface area contributed by atoms with E-state index >= 15 is 0 Å². The van der Waals surface area contributed by atoms with Crippen LogP contribution in [-0.2, 0) is 0 Å². The molecule has 0 saturated carbocycles. The van der Waals surface area contributed by atoms with Crippen LogP contribution in [-0.4, -0.2) is 56.5 Å². The van der Waals surface area contributed by atoms with Crippen molar-refractivity contribution in [3.05, 3.63) is 47.4 Å². The summed E-state index contributed by atoms with van der Waals surface area (Å²) in [6.45, 7) is 4.59. The third-order valence-corrected chi connectivity index (χ3v) is 4.73. The SMILES string of the molecule is CC(O)CCNc1ccc(OC(F)F)cc1C(=N)c1cnc2[nH]cc(C(=O)NC(C)(C)C)c2n1. The van der Waals surface area contributed by atoms with Crippen LogP contribution in [0.4, 0.5) is 14.5 Å². The predicted molar refractivity (Wildman–Crippen MR) is 125 cm³/mol. The van der Waals surface area contributed by atoms with Gasteiger partial charge in [0.2, 0.25) is 0 Å². The molecule has 0 aliphatic heterocycles. The average Bonchev–Trinajstić information content (AvgIpc) is 3.15. The molecule has 9 nitrogen and oxygen atoms in total. The van der Waals surface area contributed by atoms with Crippen molar-refractivity contribution in [3.8, 4) is 5.75 Å². The van der Waals surface area contributed by atoms with Crippen LogP contribution in [0.25, 0.3) is 11.2 Å². The van der Waals surface area contributed by atoms with E-state index in [0.29, 0.717) is 24.3 Å². The van der Waals surface area contributed by atoms with Gasteiger partial charge in [0.05, 0.1) is 23.6 Å². The second kappa shape index (κ2) is 10.1. The van der Waals surface area contributed by atoms with Crippen LogP contribution in [0.15, 0.2) is 30.6 Å². The maximum atomic E-state index is 12.8. The number of carbonyl (C=O) groups is 1. The fourth-order valence-corrected chi connectivity index (χ4v) is 3.21. The molecule has 0 aliphatic carbocycles. The molecule has 0 bridgehead atoms. The predicted octanol–water partition coefficient (Wildman–Crippen LogP) is 3.69. The molecule has 182 valence electrons. The minimum Gasteiger partial charge on any atom is -0.435 e. The zero-order valence-electron chi connectivity index (χ0n) is 19.4. The number of benzene rings is 1. The van der Waals surface area contributed by atoms with Gasteiger partial charge in [-0.3, -0.25) is 10.2 Å². The number of anilines is 1. The lowest BCUT2D eigenvalue weighted by Crippen LogP contribution is -2.40. The third kappa shape index (κ3) is 6.25. The Labute approximate surface area is 195 Å². The van der Waals surface area contributed by atoms with Gasteiger partial charge in [0.1, 0.15) is 17.0 Å². The van der Waals surface area contributed by atoms with Crippen molar-refractivity contribution < 1.29 is 23.4 Å². The number of aliphatic hydroxyl groups is 1. The molecule has 3 rings (SSSR count). The molecular weight excluding hydrogens is 446 g/mol. The maximum Gasteiger partial charge on any atom is 0.387 e. The summed E-state index contributed by atoms with van der Waals surface area (Å²) in [5.74, 6) is -0.457. The largest absolute Gasteiger partial charge is 0.435 e. The standard InChI is InChI=1S/C23H28F2N6O3/c1-12(32)7-8-27-16-6-5-13(34-22(24)25)9-14(16)18(26)17-11-29-20-19(30-17)15(10-28-20)21(33)31-23(2,3)4/h5-6,9-12,22,26-27,32H,7-8H2,1-4H3,(H,28,29)(H,31,33). The molecule has 1 unspecified atom stereocenters. The number of nitrogens with zero attached hydrogens (tertiary/aromatic N) is 2. The number of halogens is 2. The van der Waals surface area contributed by atoms with Crippen molar-refractivity contribution in [3.63, 3.8) is 0 Å². The molecule has 1 atom stereocenters. The Balaban J connectivity index is 1.99. The van der Waals surface area contributed by atoms with Crippen LogP contribution in [0.3, 0.4) is 0 Å². The van der Waals surface area contributed by atoms with E-state index in [1.807, 2.05) is 20.8 Å². The third-order valence-electron chi connectivity index (χ3n) is 4.73.